The number of anilines is 1. The second-order valence-electron chi connectivity index (χ2n) is 3.95. The lowest BCUT2D eigenvalue weighted by Gasteiger charge is -2.08. The van der Waals surface area contributed by atoms with Crippen LogP contribution in [-0.2, 0) is 0 Å². The monoisotopic (exact) mass is 343 g/mol. The van der Waals surface area contributed by atoms with Gasteiger partial charge in [0.25, 0.3) is 5.88 Å². The lowest BCUT2D eigenvalue weighted by molar-refractivity contribution is 0.417. The topological polar surface area (TPSA) is 47.0 Å². The van der Waals surface area contributed by atoms with E-state index in [1.54, 1.807) is 0 Å². The first-order chi connectivity index (χ1) is 9.60. The molecule has 0 spiro atoms. The molecule has 0 fully saturated rings. The molecule has 0 amide bonds. The number of hydrogen-bond donors (Lipinski definition) is 1. The molecule has 1 N–H and O–H groups in total. The van der Waals surface area contributed by atoms with Crippen LogP contribution in [0.2, 0.25) is 0 Å². The lowest BCUT2D eigenvalue weighted by Crippen LogP contribution is -2.05. The number of rotatable bonds is 5. The largest absolute Gasteiger partial charge is 0.436 e. The summed E-state index contributed by atoms with van der Waals surface area (Å²) in [5, 5.41) is 2.92. The number of nitrogens with one attached hydrogen (secondary N) is 1. The summed E-state index contributed by atoms with van der Waals surface area (Å²) in [6.07, 6.45) is 1.89. The third-order valence-electron chi connectivity index (χ3n) is 2.35. The molecular weight excluding hydrogens is 332 g/mol. The van der Waals surface area contributed by atoms with Crippen molar-refractivity contribution < 1.29 is 13.5 Å². The Bertz CT molecular complexity index is 610. The van der Waals surface area contributed by atoms with Crippen LogP contribution in [0.3, 0.4) is 0 Å². The minimum absolute atomic E-state index is 0.157. The minimum atomic E-state index is -0.713. The molecule has 20 heavy (non-hydrogen) atoms. The van der Waals surface area contributed by atoms with Gasteiger partial charge in [0.15, 0.2) is 0 Å². The van der Waals surface area contributed by atoms with Crippen molar-refractivity contribution in [1.82, 2.24) is 9.97 Å². The highest BCUT2D eigenvalue weighted by Gasteiger charge is 2.10. The van der Waals surface area contributed by atoms with Gasteiger partial charge in [0.2, 0.25) is 11.8 Å². The van der Waals surface area contributed by atoms with Crippen LogP contribution in [0.25, 0.3) is 0 Å². The zero-order valence-electron chi connectivity index (χ0n) is 10.7. The number of nitrogens with zero attached hydrogens (tertiary/aromatic N) is 2. The van der Waals surface area contributed by atoms with Crippen molar-refractivity contribution in [3.8, 4) is 11.6 Å². The molecule has 0 aliphatic heterocycles. The maximum Gasteiger partial charge on any atom is 0.260 e. The Hall–Kier alpha value is -1.76. The average Bonchev–Trinajstić information content (AvgIpc) is 2.44. The highest BCUT2D eigenvalue weighted by molar-refractivity contribution is 9.10. The summed E-state index contributed by atoms with van der Waals surface area (Å²) in [5.74, 6) is -1.04. The number of ether oxygens (including phenoxy) is 1. The Balaban J connectivity index is 2.20. The molecule has 1 aromatic heterocycles. The van der Waals surface area contributed by atoms with Crippen molar-refractivity contribution in [2.45, 2.75) is 13.3 Å². The van der Waals surface area contributed by atoms with E-state index in [-0.39, 0.29) is 17.6 Å². The second kappa shape index (κ2) is 6.60. The summed E-state index contributed by atoms with van der Waals surface area (Å²) in [5.41, 5.74) is 0. The molecule has 2 aromatic rings. The van der Waals surface area contributed by atoms with Gasteiger partial charge >= 0.3 is 0 Å². The van der Waals surface area contributed by atoms with Crippen molar-refractivity contribution in [3.63, 3.8) is 0 Å². The zero-order valence-corrected chi connectivity index (χ0v) is 12.2. The molecule has 0 atom stereocenters. The van der Waals surface area contributed by atoms with Gasteiger partial charge in [-0.05, 0) is 34.5 Å². The van der Waals surface area contributed by atoms with Gasteiger partial charge in [-0.2, -0.15) is 9.37 Å². The molecule has 0 aliphatic rings. The molecule has 106 valence electrons. The Labute approximate surface area is 123 Å². The van der Waals surface area contributed by atoms with Gasteiger partial charge in [-0.3, -0.25) is 0 Å². The number of halogens is 3. The normalized spacial score (nSPS) is 10.4. The summed E-state index contributed by atoms with van der Waals surface area (Å²) in [4.78, 5) is 7.69. The van der Waals surface area contributed by atoms with Crippen LogP contribution in [0.1, 0.15) is 13.3 Å². The van der Waals surface area contributed by atoms with Crippen LogP contribution >= 0.6 is 15.9 Å². The molecule has 1 aromatic carbocycles. The summed E-state index contributed by atoms with van der Waals surface area (Å²) < 4.78 is 32.5. The van der Waals surface area contributed by atoms with Gasteiger partial charge in [-0.1, -0.05) is 6.92 Å². The van der Waals surface area contributed by atoms with Gasteiger partial charge in [-0.25, -0.2) is 9.37 Å². The number of aromatic nitrogens is 2. The molecule has 0 saturated carbocycles. The third-order valence-corrected chi connectivity index (χ3v) is 2.99. The maximum atomic E-state index is 13.6. The number of hydrogen-bond acceptors (Lipinski definition) is 4. The van der Waals surface area contributed by atoms with Gasteiger partial charge in [0.05, 0.1) is 10.7 Å². The van der Waals surface area contributed by atoms with E-state index < -0.39 is 11.6 Å². The summed E-state index contributed by atoms with van der Waals surface area (Å²) in [6, 6.07) is 4.12. The summed E-state index contributed by atoms with van der Waals surface area (Å²) >= 11 is 3.03. The molecule has 0 unspecified atom stereocenters. The minimum Gasteiger partial charge on any atom is -0.436 e. The van der Waals surface area contributed by atoms with E-state index in [0.29, 0.717) is 11.0 Å². The predicted octanol–water partition coefficient (Wildman–Crippen LogP) is 4.13. The lowest BCUT2D eigenvalue weighted by atomic mass is 10.3. The van der Waals surface area contributed by atoms with E-state index >= 15 is 0 Å². The van der Waals surface area contributed by atoms with Crippen molar-refractivity contribution in [3.05, 3.63) is 40.5 Å². The van der Waals surface area contributed by atoms with E-state index in [0.717, 1.165) is 18.7 Å². The fourth-order valence-electron chi connectivity index (χ4n) is 1.40. The number of benzene rings is 1. The molecule has 0 radical (unpaired) electrons. The first-order valence-corrected chi connectivity index (χ1v) is 6.78. The molecule has 0 saturated heterocycles. The molecular formula is C13H12BrF2N3O. The van der Waals surface area contributed by atoms with Gasteiger partial charge in [0, 0.05) is 12.6 Å². The smallest absolute Gasteiger partial charge is 0.260 e. The van der Waals surface area contributed by atoms with E-state index in [4.69, 9.17) is 4.74 Å². The predicted molar refractivity (Wildman–Crippen MR) is 74.9 cm³/mol. The summed E-state index contributed by atoms with van der Waals surface area (Å²) in [7, 11) is 0. The summed E-state index contributed by atoms with van der Waals surface area (Å²) in [6.45, 7) is 2.65. The quantitative estimate of drug-likeness (QED) is 0.886. The molecule has 0 aliphatic carbocycles. The van der Waals surface area contributed by atoms with Crippen LogP contribution in [0.15, 0.2) is 28.9 Å². The van der Waals surface area contributed by atoms with Crippen molar-refractivity contribution in [2.75, 3.05) is 11.9 Å². The SMILES string of the molecule is CCCNc1ncc(F)c(Oc2ccc(Br)c(F)c2)n1. The first-order valence-electron chi connectivity index (χ1n) is 5.99. The molecule has 0 bridgehead atoms. The van der Waals surface area contributed by atoms with Gasteiger partial charge < -0.3 is 10.1 Å². The van der Waals surface area contributed by atoms with Crippen molar-refractivity contribution >= 4 is 21.9 Å². The van der Waals surface area contributed by atoms with Crippen LogP contribution < -0.4 is 10.1 Å². The highest BCUT2D eigenvalue weighted by Crippen LogP contribution is 2.26. The molecule has 4 nitrogen and oxygen atoms in total. The van der Waals surface area contributed by atoms with E-state index in [2.05, 4.69) is 31.2 Å². The molecule has 2 rings (SSSR count). The van der Waals surface area contributed by atoms with Crippen LogP contribution in [0, 0.1) is 11.6 Å². The Morgan fingerprint density at radius 3 is 2.80 bits per heavy atom. The Morgan fingerprint density at radius 2 is 2.10 bits per heavy atom. The van der Waals surface area contributed by atoms with Gasteiger partial charge in [0.1, 0.15) is 11.6 Å². The van der Waals surface area contributed by atoms with E-state index in [1.165, 1.54) is 12.1 Å². The maximum absolute atomic E-state index is 13.6. The van der Waals surface area contributed by atoms with Crippen LogP contribution in [-0.4, -0.2) is 16.5 Å². The van der Waals surface area contributed by atoms with Crippen LogP contribution in [0.5, 0.6) is 11.6 Å². The highest BCUT2D eigenvalue weighted by atomic mass is 79.9. The zero-order chi connectivity index (χ0) is 14.5. The van der Waals surface area contributed by atoms with E-state index in [1.807, 2.05) is 6.92 Å². The Kier molecular flexibility index (Phi) is 4.84. The van der Waals surface area contributed by atoms with Crippen molar-refractivity contribution in [1.29, 1.82) is 0 Å². The van der Waals surface area contributed by atoms with Gasteiger partial charge in [-0.15, -0.1) is 0 Å². The van der Waals surface area contributed by atoms with Crippen LogP contribution in [0.4, 0.5) is 14.7 Å². The fourth-order valence-corrected chi connectivity index (χ4v) is 1.64. The third kappa shape index (κ3) is 3.63. The van der Waals surface area contributed by atoms with E-state index in [9.17, 15) is 8.78 Å². The molecule has 1 heterocycles. The Morgan fingerprint density at radius 1 is 1.30 bits per heavy atom. The fraction of sp³-hybridized carbons (Fsp3) is 0.231. The first kappa shape index (κ1) is 14.6. The second-order valence-corrected chi connectivity index (χ2v) is 4.81. The molecule has 7 heteroatoms. The average molecular weight is 344 g/mol. The standard InChI is InChI=1S/C13H12BrF2N3O/c1-2-5-17-13-18-7-11(16)12(19-13)20-8-3-4-9(14)10(15)6-8/h3-4,6-7H,2,5H2,1H3,(H,17,18,19). The van der Waals surface area contributed by atoms with Crippen molar-refractivity contribution in [2.24, 2.45) is 0 Å².